The summed E-state index contributed by atoms with van der Waals surface area (Å²) in [6.45, 7) is 3.02. The van der Waals surface area contributed by atoms with Gasteiger partial charge in [0.2, 0.25) is 0 Å². The number of nitrogens with zero attached hydrogens (tertiary/aromatic N) is 2. The molecule has 0 aromatic carbocycles. The van der Waals surface area contributed by atoms with Crippen molar-refractivity contribution in [3.05, 3.63) is 22.7 Å². The number of carbonyl (C=O) groups excluding carboxylic acids is 1. The second kappa shape index (κ2) is 6.23. The molecule has 21 heavy (non-hydrogen) atoms. The van der Waals surface area contributed by atoms with Gasteiger partial charge >= 0.3 is 11.7 Å². The predicted molar refractivity (Wildman–Crippen MR) is 73.4 cm³/mol. The smallest absolute Gasteiger partial charge is 0.351 e. The van der Waals surface area contributed by atoms with Crippen LogP contribution in [0.4, 0.5) is 5.82 Å². The molecule has 0 saturated carbocycles. The molecule has 0 radical (unpaired) electrons. The first kappa shape index (κ1) is 12.8. The van der Waals surface area contributed by atoms with Gasteiger partial charge in [-0.3, -0.25) is 9.36 Å². The molecule has 2 heterocycles. The molecule has 5 unspecified atom stereocenters. The summed E-state index contributed by atoms with van der Waals surface area (Å²) in [7, 11) is -1.45. The number of hydrogen-bond acceptors (Lipinski definition) is 7. The number of anilines is 1. The van der Waals surface area contributed by atoms with Gasteiger partial charge in [0.15, 0.2) is 12.3 Å². The van der Waals surface area contributed by atoms with E-state index < -0.39 is 37.2 Å². The number of nitrogen functional groups attached to an aromatic ring is 1. The van der Waals surface area contributed by atoms with Gasteiger partial charge < -0.3 is 19.9 Å². The zero-order chi connectivity index (χ0) is 17.1. The second-order valence-electron chi connectivity index (χ2n) is 4.87. The minimum Gasteiger partial charge on any atom is -0.457 e. The van der Waals surface area contributed by atoms with E-state index in [0.29, 0.717) is 0 Å². The van der Waals surface area contributed by atoms with Crippen molar-refractivity contribution in [3.8, 4) is 0 Å². The number of nitrogens with two attached hydrogens (primary N) is 1. The molecule has 0 bridgehead atoms. The topological polar surface area (TPSA) is 106 Å². The Kier molecular flexibility index (Phi) is 3.79. The maximum Gasteiger partial charge on any atom is 0.351 e. The Morgan fingerprint density at radius 2 is 2.52 bits per heavy atom. The van der Waals surface area contributed by atoms with Gasteiger partial charge in [0.1, 0.15) is 5.82 Å². The molecule has 0 amide bonds. The van der Waals surface area contributed by atoms with E-state index in [0.717, 1.165) is 0 Å². The summed E-state index contributed by atoms with van der Waals surface area (Å²) in [5.74, 6) is -0.730. The summed E-state index contributed by atoms with van der Waals surface area (Å²) in [4.78, 5) is 27.0. The third kappa shape index (κ3) is 3.22. The SMILES string of the molecule is [2H]C([3H])OCC1OC(n2ccc(N)nc2=O)C(OC(C)=O)C1C. The standard InChI is InChI=1S/C13H19N3O5/c1-7-9(6-19-3)21-12(11(7)20-8(2)17)16-5-4-10(14)15-13(16)18/h4-5,7,9,11-12H,6H2,1-3H3,(H2,14,15,18)/i3TD. The predicted octanol–water partition coefficient (Wildman–Crippen LogP) is -0.0629. The molecule has 5 atom stereocenters. The molecule has 2 N–H and O–H groups in total. The highest BCUT2D eigenvalue weighted by atomic mass is 16.6. The first-order chi connectivity index (χ1) is 10.8. The van der Waals surface area contributed by atoms with E-state index in [1.807, 2.05) is 0 Å². The van der Waals surface area contributed by atoms with Crippen LogP contribution < -0.4 is 11.4 Å². The Bertz CT molecular complexity index is 624. The van der Waals surface area contributed by atoms with Crippen LogP contribution in [0.2, 0.25) is 0 Å². The van der Waals surface area contributed by atoms with Crippen LogP contribution in [0.25, 0.3) is 0 Å². The van der Waals surface area contributed by atoms with Gasteiger partial charge in [-0.1, -0.05) is 6.92 Å². The molecule has 0 spiro atoms. The molecule has 8 heteroatoms. The second-order valence-corrected chi connectivity index (χ2v) is 4.87. The molecular weight excluding hydrogens is 278 g/mol. The fraction of sp³-hybridized carbons (Fsp3) is 0.615. The van der Waals surface area contributed by atoms with Crippen molar-refractivity contribution >= 4 is 11.8 Å². The van der Waals surface area contributed by atoms with E-state index in [1.165, 1.54) is 23.8 Å². The number of aromatic nitrogens is 2. The summed E-state index contributed by atoms with van der Waals surface area (Å²) < 4.78 is 31.3. The summed E-state index contributed by atoms with van der Waals surface area (Å²) in [6, 6.07) is 1.44. The molecule has 116 valence electrons. The van der Waals surface area contributed by atoms with Crippen LogP contribution in [0.1, 0.15) is 22.8 Å². The Morgan fingerprint density at radius 1 is 1.76 bits per heavy atom. The normalized spacial score (nSPS) is 31.3. The van der Waals surface area contributed by atoms with Crippen LogP contribution in [-0.4, -0.2) is 41.4 Å². The van der Waals surface area contributed by atoms with E-state index in [2.05, 4.69) is 4.98 Å². The lowest BCUT2D eigenvalue weighted by molar-refractivity contribution is -0.153. The highest BCUT2D eigenvalue weighted by molar-refractivity contribution is 5.66. The Labute approximate surface area is 124 Å². The van der Waals surface area contributed by atoms with Crippen LogP contribution >= 0.6 is 0 Å². The average molecular weight is 300 g/mol. The summed E-state index contributed by atoms with van der Waals surface area (Å²) in [6.07, 6.45) is -0.719. The van der Waals surface area contributed by atoms with Crippen molar-refractivity contribution in [1.29, 1.82) is 0 Å². The highest BCUT2D eigenvalue weighted by Gasteiger charge is 2.45. The van der Waals surface area contributed by atoms with Crippen molar-refractivity contribution in [2.45, 2.75) is 32.3 Å². The number of methoxy groups -OCH3 is 1. The lowest BCUT2D eigenvalue weighted by atomic mass is 10.0. The van der Waals surface area contributed by atoms with E-state index in [9.17, 15) is 9.59 Å². The maximum absolute atomic E-state index is 12.0. The highest BCUT2D eigenvalue weighted by Crippen LogP contribution is 2.35. The van der Waals surface area contributed by atoms with Crippen LogP contribution in [0.15, 0.2) is 17.1 Å². The van der Waals surface area contributed by atoms with E-state index in [4.69, 9.17) is 22.7 Å². The van der Waals surface area contributed by atoms with E-state index >= 15 is 0 Å². The third-order valence-corrected chi connectivity index (χ3v) is 3.39. The average Bonchev–Trinajstić information content (AvgIpc) is 2.73. The largest absolute Gasteiger partial charge is 0.457 e. The number of ether oxygens (including phenoxy) is 3. The minimum atomic E-state index is -1.45. The van der Waals surface area contributed by atoms with Gasteiger partial charge in [0.05, 0.1) is 15.5 Å². The number of carbonyl (C=O) groups is 1. The van der Waals surface area contributed by atoms with Crippen LogP contribution in [0.3, 0.4) is 0 Å². The monoisotopic (exact) mass is 300 g/mol. The van der Waals surface area contributed by atoms with Crippen molar-refractivity contribution in [3.63, 3.8) is 0 Å². The van der Waals surface area contributed by atoms with Gasteiger partial charge in [-0.15, -0.1) is 0 Å². The first-order valence-corrected chi connectivity index (χ1v) is 6.43. The van der Waals surface area contributed by atoms with E-state index in [-0.39, 0.29) is 18.3 Å². The van der Waals surface area contributed by atoms with Gasteiger partial charge in [-0.25, -0.2) is 4.79 Å². The molecule has 1 aromatic rings. The van der Waals surface area contributed by atoms with E-state index in [1.54, 1.807) is 6.92 Å². The summed E-state index contributed by atoms with van der Waals surface area (Å²) >= 11 is 0. The Morgan fingerprint density at radius 3 is 3.14 bits per heavy atom. The zero-order valence-electron chi connectivity index (χ0n) is 13.8. The van der Waals surface area contributed by atoms with Crippen molar-refractivity contribution in [1.82, 2.24) is 9.55 Å². The van der Waals surface area contributed by atoms with Crippen LogP contribution in [-0.2, 0) is 19.0 Å². The third-order valence-electron chi connectivity index (χ3n) is 3.39. The number of hydrogen-bond donors (Lipinski definition) is 1. The fourth-order valence-electron chi connectivity index (χ4n) is 2.34. The number of rotatable bonds is 4. The first-order valence-electron chi connectivity index (χ1n) is 7.58. The van der Waals surface area contributed by atoms with Gasteiger partial charge in [-0.05, 0) is 6.07 Å². The molecule has 1 aliphatic heterocycles. The molecular formula is C13H19N3O5. The molecule has 1 saturated heterocycles. The van der Waals surface area contributed by atoms with Crippen molar-refractivity contribution < 1.29 is 21.7 Å². The molecule has 2 rings (SSSR count). The van der Waals surface area contributed by atoms with Crippen LogP contribution in [0.5, 0.6) is 0 Å². The zero-order valence-corrected chi connectivity index (χ0v) is 11.8. The van der Waals surface area contributed by atoms with Gasteiger partial charge in [0, 0.05) is 26.1 Å². The summed E-state index contributed by atoms with van der Waals surface area (Å²) in [5, 5.41) is 0. The number of esters is 1. The fourth-order valence-corrected chi connectivity index (χ4v) is 2.34. The quantitative estimate of drug-likeness (QED) is 0.776. The lowest BCUT2D eigenvalue weighted by Crippen LogP contribution is -2.35. The lowest BCUT2D eigenvalue weighted by Gasteiger charge is -2.22. The maximum atomic E-state index is 12.0. The molecule has 8 nitrogen and oxygen atoms in total. The Hall–Kier alpha value is -1.93. The molecule has 0 aliphatic carbocycles. The van der Waals surface area contributed by atoms with Crippen LogP contribution in [0, 0.1) is 5.92 Å². The van der Waals surface area contributed by atoms with Gasteiger partial charge in [0.25, 0.3) is 0 Å². The van der Waals surface area contributed by atoms with Crippen molar-refractivity contribution in [2.24, 2.45) is 5.92 Å². The minimum absolute atomic E-state index is 0.0236. The summed E-state index contributed by atoms with van der Waals surface area (Å²) in [5.41, 5.74) is 4.84. The van der Waals surface area contributed by atoms with Gasteiger partial charge in [-0.2, -0.15) is 4.98 Å². The molecule has 1 fully saturated rings. The van der Waals surface area contributed by atoms with Crippen molar-refractivity contribution in [2.75, 3.05) is 19.4 Å². The Balaban J connectivity index is 2.27. The molecule has 1 aromatic heterocycles. The molecule has 1 aliphatic rings.